The molecule has 27 heavy (non-hydrogen) atoms. The summed E-state index contributed by atoms with van der Waals surface area (Å²) < 4.78 is 18.7. The van der Waals surface area contributed by atoms with Crippen molar-refractivity contribution in [2.45, 2.75) is 19.4 Å². The highest BCUT2D eigenvalue weighted by Gasteiger charge is 2.10. The molecule has 0 aliphatic carbocycles. The van der Waals surface area contributed by atoms with Gasteiger partial charge in [-0.25, -0.2) is 4.39 Å². The summed E-state index contributed by atoms with van der Waals surface area (Å²) in [5, 5.41) is 3.00. The number of esters is 1. The Hall–Kier alpha value is -3.55. The third-order valence-electron chi connectivity index (χ3n) is 3.65. The number of nitrogen functional groups attached to an aromatic ring is 1. The first kappa shape index (κ1) is 18.2. The fourth-order valence-corrected chi connectivity index (χ4v) is 2.36. The third-order valence-corrected chi connectivity index (χ3v) is 3.65. The number of nitrogens with two attached hydrogens (primary N) is 1. The number of anilines is 3. The molecule has 3 N–H and O–H groups in total. The number of nitrogens with zero attached hydrogens (tertiary/aromatic N) is 3. The predicted molar refractivity (Wildman–Crippen MR) is 98.5 cm³/mol. The van der Waals surface area contributed by atoms with Gasteiger partial charge in [0.25, 0.3) is 0 Å². The van der Waals surface area contributed by atoms with Gasteiger partial charge in [0.1, 0.15) is 5.82 Å². The second-order valence-corrected chi connectivity index (χ2v) is 5.68. The van der Waals surface area contributed by atoms with E-state index in [1.165, 1.54) is 6.07 Å². The van der Waals surface area contributed by atoms with Gasteiger partial charge in [-0.1, -0.05) is 36.4 Å². The maximum atomic E-state index is 13.6. The molecular weight excluding hydrogens is 349 g/mol. The molecule has 0 unspecified atom stereocenters. The molecule has 7 nitrogen and oxygen atoms in total. The Morgan fingerprint density at radius 3 is 2.56 bits per heavy atom. The number of para-hydroxylation sites is 1. The van der Waals surface area contributed by atoms with E-state index < -0.39 is 5.97 Å². The lowest BCUT2D eigenvalue weighted by atomic mass is 10.1. The van der Waals surface area contributed by atoms with Crippen LogP contribution in [0.1, 0.15) is 17.8 Å². The number of nitrogens with one attached hydrogen (secondary N) is 1. The Bertz CT molecular complexity index is 921. The zero-order valence-electron chi connectivity index (χ0n) is 14.4. The summed E-state index contributed by atoms with van der Waals surface area (Å²) in [5.41, 5.74) is 6.94. The Morgan fingerprint density at radius 2 is 1.78 bits per heavy atom. The number of aryl methyl sites for hydroxylation is 1. The second-order valence-electron chi connectivity index (χ2n) is 5.68. The van der Waals surface area contributed by atoms with Crippen LogP contribution in [0.2, 0.25) is 0 Å². The molecule has 1 heterocycles. The van der Waals surface area contributed by atoms with Crippen molar-refractivity contribution in [2.24, 2.45) is 0 Å². The first-order valence-electron chi connectivity index (χ1n) is 8.31. The summed E-state index contributed by atoms with van der Waals surface area (Å²) in [5.74, 6) is -0.325. The van der Waals surface area contributed by atoms with Gasteiger partial charge in [-0.15, -0.1) is 0 Å². The van der Waals surface area contributed by atoms with E-state index in [0.717, 1.165) is 5.69 Å². The third kappa shape index (κ3) is 5.46. The molecule has 0 saturated carbocycles. The Morgan fingerprint density at radius 1 is 1.04 bits per heavy atom. The minimum atomic E-state index is -0.477. The molecule has 0 aliphatic heterocycles. The number of hydrogen-bond acceptors (Lipinski definition) is 7. The lowest BCUT2D eigenvalue weighted by Crippen LogP contribution is -2.11. The van der Waals surface area contributed by atoms with E-state index in [4.69, 9.17) is 10.5 Å². The SMILES string of the molecule is Nc1nc(COC(=O)CCc2ccccc2F)nc(Nc2ccccc2)n1. The van der Waals surface area contributed by atoms with Gasteiger partial charge in [0.05, 0.1) is 0 Å². The highest BCUT2D eigenvalue weighted by atomic mass is 19.1. The first-order valence-corrected chi connectivity index (χ1v) is 8.31. The average molecular weight is 367 g/mol. The highest BCUT2D eigenvalue weighted by Crippen LogP contribution is 2.13. The quantitative estimate of drug-likeness (QED) is 0.619. The van der Waals surface area contributed by atoms with Gasteiger partial charge < -0.3 is 15.8 Å². The van der Waals surface area contributed by atoms with Crippen molar-refractivity contribution in [3.63, 3.8) is 0 Å². The number of carbonyl (C=O) groups is 1. The molecule has 0 aliphatic rings. The van der Waals surface area contributed by atoms with Gasteiger partial charge in [-0.2, -0.15) is 15.0 Å². The predicted octanol–water partition coefficient (Wildman–Crippen LogP) is 3.01. The van der Waals surface area contributed by atoms with Crippen LogP contribution in [0.4, 0.5) is 22.0 Å². The lowest BCUT2D eigenvalue weighted by molar-refractivity contribution is -0.145. The molecule has 0 spiro atoms. The van der Waals surface area contributed by atoms with Crippen molar-refractivity contribution in [3.8, 4) is 0 Å². The molecule has 3 aromatic rings. The minimum absolute atomic E-state index is 0.0147. The van der Waals surface area contributed by atoms with Gasteiger partial charge in [0.15, 0.2) is 12.4 Å². The van der Waals surface area contributed by atoms with Gasteiger partial charge in [0.2, 0.25) is 11.9 Å². The van der Waals surface area contributed by atoms with Crippen LogP contribution in [0.5, 0.6) is 0 Å². The Labute approximate surface area is 155 Å². The minimum Gasteiger partial charge on any atom is -0.457 e. The van der Waals surface area contributed by atoms with Crippen LogP contribution >= 0.6 is 0 Å². The molecule has 0 fully saturated rings. The summed E-state index contributed by atoms with van der Waals surface area (Å²) >= 11 is 0. The van der Waals surface area contributed by atoms with E-state index >= 15 is 0 Å². The van der Waals surface area contributed by atoms with Crippen LogP contribution in [0.25, 0.3) is 0 Å². The average Bonchev–Trinajstić information content (AvgIpc) is 2.66. The van der Waals surface area contributed by atoms with Crippen molar-refractivity contribution in [2.75, 3.05) is 11.1 Å². The van der Waals surface area contributed by atoms with E-state index in [1.807, 2.05) is 30.3 Å². The Kier molecular flexibility index (Phi) is 5.88. The maximum Gasteiger partial charge on any atom is 0.306 e. The smallest absolute Gasteiger partial charge is 0.306 e. The van der Waals surface area contributed by atoms with E-state index in [9.17, 15) is 9.18 Å². The molecule has 138 valence electrons. The van der Waals surface area contributed by atoms with E-state index in [1.54, 1.807) is 18.2 Å². The molecular formula is C19H18FN5O2. The van der Waals surface area contributed by atoms with Gasteiger partial charge in [0, 0.05) is 12.1 Å². The van der Waals surface area contributed by atoms with Gasteiger partial charge >= 0.3 is 5.97 Å². The summed E-state index contributed by atoms with van der Waals surface area (Å²) in [6, 6.07) is 15.6. The molecule has 8 heteroatoms. The molecule has 0 radical (unpaired) electrons. The number of benzene rings is 2. The van der Waals surface area contributed by atoms with E-state index in [0.29, 0.717) is 5.56 Å². The van der Waals surface area contributed by atoms with Crippen molar-refractivity contribution in [1.82, 2.24) is 15.0 Å². The van der Waals surface area contributed by atoms with Crippen molar-refractivity contribution in [1.29, 1.82) is 0 Å². The molecule has 0 atom stereocenters. The zero-order chi connectivity index (χ0) is 19.1. The molecule has 0 bridgehead atoms. The van der Waals surface area contributed by atoms with Gasteiger partial charge in [-0.3, -0.25) is 4.79 Å². The number of ether oxygens (including phenoxy) is 1. The van der Waals surface area contributed by atoms with E-state index in [2.05, 4.69) is 20.3 Å². The number of halogens is 1. The summed E-state index contributed by atoms with van der Waals surface area (Å²) in [6.07, 6.45) is 0.308. The standard InChI is InChI=1S/C19H18FN5O2/c20-15-9-5-4-6-13(15)10-11-17(26)27-12-16-23-18(21)25-19(24-16)22-14-7-2-1-3-8-14/h1-9H,10-12H2,(H3,21,22,23,24,25). The zero-order valence-corrected chi connectivity index (χ0v) is 14.4. The second kappa shape index (κ2) is 8.70. The molecule has 3 rings (SSSR count). The summed E-state index contributed by atoms with van der Waals surface area (Å²) in [7, 11) is 0. The largest absolute Gasteiger partial charge is 0.457 e. The monoisotopic (exact) mass is 367 g/mol. The van der Waals surface area contributed by atoms with Crippen LogP contribution in [0.3, 0.4) is 0 Å². The Balaban J connectivity index is 1.55. The summed E-state index contributed by atoms with van der Waals surface area (Å²) in [6.45, 7) is -0.147. The number of aromatic nitrogens is 3. The topological polar surface area (TPSA) is 103 Å². The van der Waals surface area contributed by atoms with Crippen LogP contribution < -0.4 is 11.1 Å². The first-order chi connectivity index (χ1) is 13.1. The fourth-order valence-electron chi connectivity index (χ4n) is 2.36. The maximum absolute atomic E-state index is 13.6. The van der Waals surface area contributed by atoms with Crippen LogP contribution in [-0.2, 0) is 22.6 Å². The highest BCUT2D eigenvalue weighted by molar-refractivity contribution is 5.69. The lowest BCUT2D eigenvalue weighted by Gasteiger charge is -2.08. The molecule has 2 aromatic carbocycles. The van der Waals surface area contributed by atoms with Crippen LogP contribution in [-0.4, -0.2) is 20.9 Å². The fraction of sp³-hybridized carbons (Fsp3) is 0.158. The number of rotatable bonds is 7. The number of carbonyl (C=O) groups excluding carboxylic acids is 1. The molecule has 0 amide bonds. The molecule has 1 aromatic heterocycles. The van der Waals surface area contributed by atoms with Crippen LogP contribution in [0, 0.1) is 5.82 Å². The van der Waals surface area contributed by atoms with Crippen LogP contribution in [0.15, 0.2) is 54.6 Å². The summed E-state index contributed by atoms with van der Waals surface area (Å²) in [4.78, 5) is 24.0. The van der Waals surface area contributed by atoms with Crippen molar-refractivity contribution < 1.29 is 13.9 Å². The van der Waals surface area contributed by atoms with Crippen molar-refractivity contribution in [3.05, 3.63) is 71.8 Å². The van der Waals surface area contributed by atoms with Crippen molar-refractivity contribution >= 4 is 23.6 Å². The molecule has 0 saturated heterocycles. The van der Waals surface area contributed by atoms with E-state index in [-0.39, 0.29) is 43.0 Å². The number of hydrogen-bond donors (Lipinski definition) is 2. The normalized spacial score (nSPS) is 10.4. The van der Waals surface area contributed by atoms with Gasteiger partial charge in [-0.05, 0) is 30.2 Å².